The Morgan fingerprint density at radius 3 is 2.47 bits per heavy atom. The molecule has 1 rings (SSSR count). The number of benzene rings is 1. The lowest BCUT2D eigenvalue weighted by molar-refractivity contribution is -0.144. The average Bonchev–Trinajstić information content (AvgIpc) is 2.80. The molecule has 1 aromatic carbocycles. The first-order chi connectivity index (χ1) is 16.9. The molecule has 0 aliphatic rings. The lowest BCUT2D eigenvalue weighted by Gasteiger charge is -2.34. The van der Waals surface area contributed by atoms with E-state index in [0.29, 0.717) is 11.3 Å². The second-order valence-electron chi connectivity index (χ2n) is 8.97. The number of aryl methyl sites for hydroxylation is 1. The molecule has 2 atom stereocenters. The maximum Gasteiger partial charge on any atom is 0.408 e. The Balaban J connectivity index is 3.48. The van der Waals surface area contributed by atoms with Crippen LogP contribution in [0.3, 0.4) is 0 Å². The third-order valence-electron chi connectivity index (χ3n) is 4.97. The van der Waals surface area contributed by atoms with Gasteiger partial charge in [-0.2, -0.15) is 11.8 Å². The predicted octanol–water partition coefficient (Wildman–Crippen LogP) is 2.69. The molecule has 3 N–H and O–H groups in total. The summed E-state index contributed by atoms with van der Waals surface area (Å²) in [6.07, 6.45) is 2.79. The summed E-state index contributed by atoms with van der Waals surface area (Å²) in [4.78, 5) is 52.5. The molecule has 11 heteroatoms. The molecule has 0 bridgehead atoms. The molecular formula is C25H37N3O7S. The van der Waals surface area contributed by atoms with Crippen LogP contribution in [0.1, 0.15) is 44.4 Å². The number of para-hydroxylation sites is 1. The number of alkyl carbamates (subject to hydrolysis) is 1. The molecule has 0 aliphatic heterocycles. The number of ether oxygens (including phenoxy) is 2. The fourth-order valence-electron chi connectivity index (χ4n) is 3.29. The minimum absolute atomic E-state index is 0.0751. The van der Waals surface area contributed by atoms with Crippen molar-refractivity contribution >= 4 is 35.6 Å². The van der Waals surface area contributed by atoms with E-state index in [4.69, 9.17) is 4.74 Å². The maximum absolute atomic E-state index is 13.8. The van der Waals surface area contributed by atoms with Gasteiger partial charge in [-0.3, -0.25) is 14.4 Å². The Morgan fingerprint density at radius 1 is 1.25 bits per heavy atom. The molecule has 2 unspecified atom stereocenters. The van der Waals surface area contributed by atoms with E-state index < -0.39 is 48.1 Å². The van der Waals surface area contributed by atoms with E-state index in [9.17, 15) is 24.3 Å². The molecule has 0 radical (unpaired) electrons. The molecule has 0 aromatic heterocycles. The number of carbonyl (C=O) groups is 4. The van der Waals surface area contributed by atoms with Gasteiger partial charge in [-0.15, -0.1) is 6.58 Å². The Bertz CT molecular complexity index is 946. The Kier molecular flexibility index (Phi) is 12.3. The summed E-state index contributed by atoms with van der Waals surface area (Å²) in [7, 11) is 1.19. The highest BCUT2D eigenvalue weighted by molar-refractivity contribution is 7.98. The van der Waals surface area contributed by atoms with Gasteiger partial charge < -0.3 is 30.1 Å². The van der Waals surface area contributed by atoms with Crippen molar-refractivity contribution in [1.29, 1.82) is 0 Å². The summed E-state index contributed by atoms with van der Waals surface area (Å²) < 4.78 is 9.91. The number of esters is 1. The Morgan fingerprint density at radius 2 is 1.92 bits per heavy atom. The van der Waals surface area contributed by atoms with Gasteiger partial charge in [0.2, 0.25) is 11.8 Å². The summed E-state index contributed by atoms with van der Waals surface area (Å²) in [5.41, 5.74) is -0.120. The first kappa shape index (κ1) is 30.8. The molecule has 0 spiro atoms. The van der Waals surface area contributed by atoms with E-state index in [1.54, 1.807) is 39.8 Å². The van der Waals surface area contributed by atoms with Gasteiger partial charge in [0.05, 0.1) is 7.11 Å². The predicted molar refractivity (Wildman–Crippen MR) is 139 cm³/mol. The van der Waals surface area contributed by atoms with E-state index in [0.717, 1.165) is 0 Å². The Hall–Kier alpha value is -3.21. The number of hydrogen-bond donors (Lipinski definition) is 3. The first-order valence-electron chi connectivity index (χ1n) is 11.4. The molecule has 10 nitrogen and oxygen atoms in total. The third-order valence-corrected chi connectivity index (χ3v) is 5.61. The molecule has 0 fully saturated rings. The number of phenols is 1. The van der Waals surface area contributed by atoms with Crippen LogP contribution < -0.4 is 10.6 Å². The highest BCUT2D eigenvalue weighted by atomic mass is 32.2. The molecule has 1 aromatic rings. The SMILES string of the molecule is C=CCN(C(=O)C(CCSC)NC(=O)OC(C)(C)C)C(C(=O)NCC(=O)OC)c1cccc(C)c1O. The van der Waals surface area contributed by atoms with E-state index in [2.05, 4.69) is 21.9 Å². The monoisotopic (exact) mass is 523 g/mol. The first-order valence-corrected chi connectivity index (χ1v) is 12.8. The van der Waals surface area contributed by atoms with Crippen LogP contribution in [0.15, 0.2) is 30.9 Å². The van der Waals surface area contributed by atoms with Crippen LogP contribution in [0.2, 0.25) is 0 Å². The second-order valence-corrected chi connectivity index (χ2v) is 9.95. The minimum atomic E-state index is -1.32. The molecule has 0 saturated heterocycles. The van der Waals surface area contributed by atoms with Gasteiger partial charge in [-0.25, -0.2) is 4.79 Å². The fourth-order valence-corrected chi connectivity index (χ4v) is 3.76. The number of rotatable bonds is 12. The minimum Gasteiger partial charge on any atom is -0.507 e. The highest BCUT2D eigenvalue weighted by Crippen LogP contribution is 2.32. The molecular weight excluding hydrogens is 486 g/mol. The van der Waals surface area contributed by atoms with Crippen LogP contribution in [0.25, 0.3) is 0 Å². The lowest BCUT2D eigenvalue weighted by atomic mass is 9.99. The second kappa shape index (κ2) is 14.4. The molecule has 0 aliphatic carbocycles. The van der Waals surface area contributed by atoms with Crippen molar-refractivity contribution in [3.63, 3.8) is 0 Å². The van der Waals surface area contributed by atoms with Crippen molar-refractivity contribution < 1.29 is 33.8 Å². The number of carbonyl (C=O) groups excluding carboxylic acids is 4. The van der Waals surface area contributed by atoms with E-state index in [1.165, 1.54) is 35.9 Å². The third kappa shape index (κ3) is 9.44. The Labute approximate surface area is 216 Å². The quantitative estimate of drug-likeness (QED) is 0.281. The summed E-state index contributed by atoms with van der Waals surface area (Å²) in [6.45, 7) is 9.97. The van der Waals surface area contributed by atoms with Crippen LogP contribution in [0, 0.1) is 6.92 Å². The van der Waals surface area contributed by atoms with Crippen LogP contribution in [0.5, 0.6) is 5.75 Å². The summed E-state index contributed by atoms with van der Waals surface area (Å²) in [5.74, 6) is -1.59. The number of nitrogens with zero attached hydrogens (tertiary/aromatic N) is 1. The topological polar surface area (TPSA) is 134 Å². The number of amides is 3. The zero-order valence-electron chi connectivity index (χ0n) is 21.8. The number of aromatic hydroxyl groups is 1. The van der Waals surface area contributed by atoms with Crippen molar-refractivity contribution in [1.82, 2.24) is 15.5 Å². The van der Waals surface area contributed by atoms with Gasteiger partial charge in [-0.05, 0) is 51.7 Å². The van der Waals surface area contributed by atoms with Gasteiger partial charge in [0.15, 0.2) is 0 Å². The smallest absolute Gasteiger partial charge is 0.408 e. The summed E-state index contributed by atoms with van der Waals surface area (Å²) in [5, 5.41) is 15.8. The van der Waals surface area contributed by atoms with Crippen molar-refractivity contribution in [3.05, 3.63) is 42.0 Å². The molecule has 200 valence electrons. The molecule has 36 heavy (non-hydrogen) atoms. The van der Waals surface area contributed by atoms with Gasteiger partial charge >= 0.3 is 12.1 Å². The van der Waals surface area contributed by atoms with E-state index in [-0.39, 0.29) is 24.3 Å². The fraction of sp³-hybridized carbons (Fsp3) is 0.520. The van der Waals surface area contributed by atoms with E-state index >= 15 is 0 Å². The van der Waals surface area contributed by atoms with Crippen LogP contribution >= 0.6 is 11.8 Å². The highest BCUT2D eigenvalue weighted by Gasteiger charge is 2.37. The lowest BCUT2D eigenvalue weighted by Crippen LogP contribution is -2.53. The van der Waals surface area contributed by atoms with Crippen molar-refractivity contribution in [2.45, 2.75) is 51.8 Å². The number of hydrogen-bond acceptors (Lipinski definition) is 8. The molecule has 3 amide bonds. The van der Waals surface area contributed by atoms with Gasteiger partial charge in [0.1, 0.15) is 30.0 Å². The zero-order valence-corrected chi connectivity index (χ0v) is 22.6. The summed E-state index contributed by atoms with van der Waals surface area (Å²) in [6, 6.07) is 2.48. The van der Waals surface area contributed by atoms with Crippen LogP contribution in [0.4, 0.5) is 4.79 Å². The largest absolute Gasteiger partial charge is 0.507 e. The van der Waals surface area contributed by atoms with Gasteiger partial charge in [-0.1, -0.05) is 24.3 Å². The summed E-state index contributed by atoms with van der Waals surface area (Å²) >= 11 is 1.49. The van der Waals surface area contributed by atoms with E-state index in [1.807, 2.05) is 6.26 Å². The van der Waals surface area contributed by atoms with Crippen LogP contribution in [-0.4, -0.2) is 77.7 Å². The van der Waals surface area contributed by atoms with Crippen molar-refractivity contribution in [2.24, 2.45) is 0 Å². The van der Waals surface area contributed by atoms with Crippen molar-refractivity contribution in [3.8, 4) is 5.75 Å². The molecule has 0 heterocycles. The average molecular weight is 524 g/mol. The standard InChI is InChI=1S/C25H37N3O7S/c1-8-13-28(23(32)18(12-14-36-7)27-24(33)35-25(3,4)5)20(22(31)26-15-19(29)34-6)17-11-9-10-16(2)21(17)30/h8-11,18,20,30H,1,12-15H2,2-7H3,(H,26,31)(H,27,33). The normalized spacial score (nSPS) is 12.6. The number of phenolic OH excluding ortho intramolecular Hbond substituents is 1. The van der Waals surface area contributed by atoms with Crippen LogP contribution in [-0.2, 0) is 23.9 Å². The number of nitrogens with one attached hydrogen (secondary N) is 2. The number of methoxy groups -OCH3 is 1. The molecule has 0 saturated carbocycles. The maximum atomic E-state index is 13.8. The van der Waals surface area contributed by atoms with Gasteiger partial charge in [0.25, 0.3) is 0 Å². The zero-order chi connectivity index (χ0) is 27.5. The van der Waals surface area contributed by atoms with Gasteiger partial charge in [0, 0.05) is 12.1 Å². The number of thioether (sulfide) groups is 1. The van der Waals surface area contributed by atoms with Crippen molar-refractivity contribution in [2.75, 3.05) is 32.2 Å².